The summed E-state index contributed by atoms with van der Waals surface area (Å²) < 4.78 is 5.38. The lowest BCUT2D eigenvalue weighted by Crippen LogP contribution is -2.21. The van der Waals surface area contributed by atoms with Crippen LogP contribution in [0.1, 0.15) is 28.9 Å². The molecule has 0 radical (unpaired) electrons. The van der Waals surface area contributed by atoms with Gasteiger partial charge in [-0.3, -0.25) is 4.79 Å². The highest BCUT2D eigenvalue weighted by atomic mass is 35.5. The van der Waals surface area contributed by atoms with E-state index in [-0.39, 0.29) is 26.6 Å². The minimum absolute atomic E-state index is 0.00559. The van der Waals surface area contributed by atoms with Crippen LogP contribution >= 0.6 is 34.8 Å². The molecule has 0 fully saturated rings. The lowest BCUT2D eigenvalue weighted by molar-refractivity contribution is 0.0950. The van der Waals surface area contributed by atoms with Gasteiger partial charge in [-0.05, 0) is 26.0 Å². The van der Waals surface area contributed by atoms with E-state index in [9.17, 15) is 4.79 Å². The number of hydrazone groups is 1. The molecule has 0 unspecified atom stereocenters. The van der Waals surface area contributed by atoms with Crippen molar-refractivity contribution in [2.24, 2.45) is 5.10 Å². The summed E-state index contributed by atoms with van der Waals surface area (Å²) in [4.78, 5) is 15.9. The molecule has 1 amide bonds. The van der Waals surface area contributed by atoms with Gasteiger partial charge in [-0.25, -0.2) is 10.4 Å². The van der Waals surface area contributed by atoms with Gasteiger partial charge in [0, 0.05) is 0 Å². The van der Waals surface area contributed by atoms with E-state index in [2.05, 4.69) is 15.5 Å². The van der Waals surface area contributed by atoms with Crippen LogP contribution in [0.3, 0.4) is 0 Å². The van der Waals surface area contributed by atoms with Gasteiger partial charge in [-0.2, -0.15) is 5.10 Å². The van der Waals surface area contributed by atoms with Crippen LogP contribution < -0.4 is 11.2 Å². The highest BCUT2D eigenvalue weighted by molar-refractivity contribution is 6.46. The van der Waals surface area contributed by atoms with Gasteiger partial charge >= 0.3 is 0 Å². The van der Waals surface area contributed by atoms with E-state index in [0.29, 0.717) is 11.5 Å². The van der Waals surface area contributed by atoms with Gasteiger partial charge in [0.2, 0.25) is 0 Å². The van der Waals surface area contributed by atoms with Gasteiger partial charge in [0.25, 0.3) is 5.91 Å². The second-order valence-electron chi connectivity index (χ2n) is 4.34. The molecule has 0 bridgehead atoms. The van der Waals surface area contributed by atoms with Crippen molar-refractivity contribution in [3.63, 3.8) is 0 Å². The quantitative estimate of drug-likeness (QED) is 0.495. The molecule has 2 aromatic heterocycles. The first-order valence-electron chi connectivity index (χ1n) is 6.02. The topological polar surface area (TPSA) is 93.5 Å². The Bertz CT molecular complexity index is 771. The van der Waals surface area contributed by atoms with Crippen LogP contribution in [0.25, 0.3) is 0 Å². The summed E-state index contributed by atoms with van der Waals surface area (Å²) in [6.45, 7) is 3.48. The zero-order valence-corrected chi connectivity index (χ0v) is 13.8. The number of nitrogens with zero attached hydrogens (tertiary/aromatic N) is 2. The molecule has 0 saturated heterocycles. The van der Waals surface area contributed by atoms with E-state index in [1.165, 1.54) is 0 Å². The maximum absolute atomic E-state index is 12.1. The predicted octanol–water partition coefficient (Wildman–Crippen LogP) is 3.68. The second kappa shape index (κ2) is 6.56. The van der Waals surface area contributed by atoms with Crippen molar-refractivity contribution in [1.29, 1.82) is 0 Å². The summed E-state index contributed by atoms with van der Waals surface area (Å²) in [5.74, 6) is 0.598. The Morgan fingerprint density at radius 3 is 2.59 bits per heavy atom. The van der Waals surface area contributed by atoms with Crippen LogP contribution in [0.2, 0.25) is 15.2 Å². The molecule has 2 aromatic rings. The van der Waals surface area contributed by atoms with E-state index >= 15 is 0 Å². The molecule has 2 heterocycles. The van der Waals surface area contributed by atoms with Gasteiger partial charge < -0.3 is 10.2 Å². The smallest absolute Gasteiger partial charge is 0.291 e. The fourth-order valence-corrected chi connectivity index (χ4v) is 2.15. The van der Waals surface area contributed by atoms with E-state index in [0.717, 1.165) is 5.76 Å². The SMILES string of the molecule is C/C(=N/NC(=O)c1nc(Cl)c(Cl)c(N)c1Cl)c1ccc(C)o1. The number of amides is 1. The zero-order valence-electron chi connectivity index (χ0n) is 11.6. The highest BCUT2D eigenvalue weighted by Gasteiger charge is 2.19. The number of anilines is 1. The van der Waals surface area contributed by atoms with E-state index in [1.54, 1.807) is 26.0 Å². The number of hydrogen-bond acceptors (Lipinski definition) is 5. The average molecular weight is 362 g/mol. The standard InChI is InChI=1S/C13H11Cl3N4O2/c1-5-3-4-7(22-5)6(2)19-20-13(21)11-8(14)10(17)9(15)12(16)18-11/h3-4H,1-2H3,(H2,17,18)(H,20,21)/b19-6-. The van der Waals surface area contributed by atoms with Crippen molar-refractivity contribution >= 4 is 52.1 Å². The van der Waals surface area contributed by atoms with Crippen LogP contribution in [0.4, 0.5) is 5.69 Å². The zero-order chi connectivity index (χ0) is 16.4. The predicted molar refractivity (Wildman–Crippen MR) is 86.8 cm³/mol. The van der Waals surface area contributed by atoms with Crippen LogP contribution in [-0.4, -0.2) is 16.6 Å². The second-order valence-corrected chi connectivity index (χ2v) is 5.46. The van der Waals surface area contributed by atoms with Gasteiger partial charge in [0.05, 0.1) is 10.7 Å². The largest absolute Gasteiger partial charge is 0.460 e. The van der Waals surface area contributed by atoms with Gasteiger partial charge in [-0.1, -0.05) is 34.8 Å². The van der Waals surface area contributed by atoms with Gasteiger partial charge in [0.1, 0.15) is 22.3 Å². The number of aryl methyl sites for hydroxylation is 1. The van der Waals surface area contributed by atoms with Crippen LogP contribution in [0, 0.1) is 6.92 Å². The summed E-state index contributed by atoms with van der Waals surface area (Å²) in [6, 6.07) is 3.52. The molecule has 9 heteroatoms. The normalized spacial score (nSPS) is 11.6. The third kappa shape index (κ3) is 3.35. The Morgan fingerprint density at radius 2 is 2.00 bits per heavy atom. The molecule has 0 atom stereocenters. The number of halogens is 3. The number of carbonyl (C=O) groups is 1. The molecule has 6 nitrogen and oxygen atoms in total. The highest BCUT2D eigenvalue weighted by Crippen LogP contribution is 2.34. The number of pyridine rings is 1. The fourth-order valence-electron chi connectivity index (χ4n) is 1.55. The number of furan rings is 1. The first-order chi connectivity index (χ1) is 10.3. The van der Waals surface area contributed by atoms with E-state index in [4.69, 9.17) is 45.0 Å². The van der Waals surface area contributed by atoms with Gasteiger partial charge in [0.15, 0.2) is 10.8 Å². The number of aromatic nitrogens is 1. The van der Waals surface area contributed by atoms with Crippen molar-refractivity contribution in [2.75, 3.05) is 5.73 Å². The number of nitrogens with one attached hydrogen (secondary N) is 1. The summed E-state index contributed by atoms with van der Waals surface area (Å²) in [7, 11) is 0. The average Bonchev–Trinajstić information content (AvgIpc) is 2.92. The number of carbonyl (C=O) groups excluding carboxylic acids is 1. The van der Waals surface area contributed by atoms with Crippen LogP contribution in [0.15, 0.2) is 21.7 Å². The Morgan fingerprint density at radius 1 is 1.32 bits per heavy atom. The first kappa shape index (κ1) is 16.6. The lowest BCUT2D eigenvalue weighted by atomic mass is 10.3. The number of hydrogen-bond donors (Lipinski definition) is 2. The maximum Gasteiger partial charge on any atom is 0.291 e. The number of nitrogens with two attached hydrogens (primary N) is 1. The van der Waals surface area contributed by atoms with E-state index < -0.39 is 5.91 Å². The van der Waals surface area contributed by atoms with Gasteiger partial charge in [-0.15, -0.1) is 0 Å². The van der Waals surface area contributed by atoms with Crippen molar-refractivity contribution in [1.82, 2.24) is 10.4 Å². The Balaban J connectivity index is 2.23. The Hall–Kier alpha value is -1.76. The van der Waals surface area contributed by atoms with E-state index in [1.807, 2.05) is 0 Å². The molecular weight excluding hydrogens is 351 g/mol. The molecule has 0 spiro atoms. The first-order valence-corrected chi connectivity index (χ1v) is 7.16. The molecule has 0 aliphatic carbocycles. The minimum Gasteiger partial charge on any atom is -0.460 e. The van der Waals surface area contributed by atoms with Crippen LogP contribution in [0.5, 0.6) is 0 Å². The van der Waals surface area contributed by atoms with Crippen LogP contribution in [-0.2, 0) is 0 Å². The van der Waals surface area contributed by atoms with Crippen molar-refractivity contribution < 1.29 is 9.21 Å². The Kier molecular flexibility index (Phi) is 4.95. The number of nitrogen functional groups attached to an aromatic ring is 1. The maximum atomic E-state index is 12.1. The number of rotatable bonds is 3. The molecule has 2 rings (SSSR count). The van der Waals surface area contributed by atoms with Crippen molar-refractivity contribution in [3.8, 4) is 0 Å². The molecule has 0 aromatic carbocycles. The fraction of sp³-hybridized carbons (Fsp3) is 0.154. The van der Waals surface area contributed by atoms with Crippen molar-refractivity contribution in [2.45, 2.75) is 13.8 Å². The van der Waals surface area contributed by atoms with Crippen molar-refractivity contribution in [3.05, 3.63) is 44.5 Å². The molecule has 0 aliphatic heterocycles. The molecule has 116 valence electrons. The molecule has 0 saturated carbocycles. The third-order valence-corrected chi connectivity index (χ3v) is 3.84. The monoisotopic (exact) mass is 360 g/mol. The molecule has 3 N–H and O–H groups in total. The lowest BCUT2D eigenvalue weighted by Gasteiger charge is -2.08. The summed E-state index contributed by atoms with van der Waals surface area (Å²) in [5.41, 5.74) is 8.25. The Labute approximate surface area is 141 Å². The molecule has 22 heavy (non-hydrogen) atoms. The minimum atomic E-state index is -0.669. The summed E-state index contributed by atoms with van der Waals surface area (Å²) >= 11 is 17.5. The third-order valence-electron chi connectivity index (χ3n) is 2.71. The summed E-state index contributed by atoms with van der Waals surface area (Å²) in [6.07, 6.45) is 0. The molecular formula is C13H11Cl3N4O2. The summed E-state index contributed by atoms with van der Waals surface area (Å²) in [5, 5.41) is 3.71. The molecule has 0 aliphatic rings.